The SMILES string of the molecule is CCc1cc(Nc2cccc(C(F)(F)F)c2)ccc1CN=Nc1ncc(F)c(N2CCOCC2C)n1. The fraction of sp³-hybridized carbons (Fsp3) is 0.360. The first-order valence-electron chi connectivity index (χ1n) is 11.5. The van der Waals surface area contributed by atoms with Crippen molar-refractivity contribution in [2.24, 2.45) is 10.2 Å². The highest BCUT2D eigenvalue weighted by Gasteiger charge is 2.30. The summed E-state index contributed by atoms with van der Waals surface area (Å²) < 4.78 is 58.7. The van der Waals surface area contributed by atoms with Crippen molar-refractivity contribution in [3.8, 4) is 0 Å². The molecule has 1 aliphatic heterocycles. The van der Waals surface area contributed by atoms with E-state index in [1.54, 1.807) is 12.1 Å². The summed E-state index contributed by atoms with van der Waals surface area (Å²) in [6.07, 6.45) is -2.63. The second-order valence-electron chi connectivity index (χ2n) is 8.40. The summed E-state index contributed by atoms with van der Waals surface area (Å²) >= 11 is 0. The number of anilines is 3. The van der Waals surface area contributed by atoms with E-state index in [0.717, 1.165) is 29.5 Å². The predicted molar refractivity (Wildman–Crippen MR) is 128 cm³/mol. The van der Waals surface area contributed by atoms with Gasteiger partial charge in [0.05, 0.1) is 37.6 Å². The molecular weight excluding hydrogens is 476 g/mol. The van der Waals surface area contributed by atoms with Gasteiger partial charge in [-0.25, -0.2) is 9.37 Å². The number of aromatic nitrogens is 2. The van der Waals surface area contributed by atoms with Crippen molar-refractivity contribution in [1.82, 2.24) is 9.97 Å². The molecule has 1 aromatic heterocycles. The molecule has 1 N–H and O–H groups in total. The van der Waals surface area contributed by atoms with Gasteiger partial charge in [0.1, 0.15) is 0 Å². The zero-order chi connectivity index (χ0) is 25.7. The fourth-order valence-electron chi connectivity index (χ4n) is 3.94. The Labute approximate surface area is 206 Å². The van der Waals surface area contributed by atoms with Gasteiger partial charge < -0.3 is 15.0 Å². The number of nitrogens with zero attached hydrogens (tertiary/aromatic N) is 5. The molecule has 2 heterocycles. The number of ether oxygens (including phenoxy) is 1. The molecule has 190 valence electrons. The Balaban J connectivity index is 1.46. The lowest BCUT2D eigenvalue weighted by atomic mass is 10.0. The Morgan fingerprint density at radius 3 is 2.69 bits per heavy atom. The number of halogens is 4. The van der Waals surface area contributed by atoms with Crippen molar-refractivity contribution in [1.29, 1.82) is 0 Å². The van der Waals surface area contributed by atoms with Crippen molar-refractivity contribution in [2.45, 2.75) is 39.0 Å². The van der Waals surface area contributed by atoms with Crippen LogP contribution in [-0.2, 0) is 23.9 Å². The van der Waals surface area contributed by atoms with Crippen molar-refractivity contribution in [3.05, 3.63) is 71.2 Å². The molecule has 2 aromatic carbocycles. The Bertz CT molecular complexity index is 1230. The number of morpholine rings is 1. The maximum atomic E-state index is 14.3. The Hall–Kier alpha value is -3.60. The highest BCUT2D eigenvalue weighted by atomic mass is 19.4. The third-order valence-corrected chi connectivity index (χ3v) is 5.82. The molecule has 4 rings (SSSR count). The first-order valence-corrected chi connectivity index (χ1v) is 11.5. The van der Waals surface area contributed by atoms with Crippen LogP contribution in [0, 0.1) is 5.82 Å². The summed E-state index contributed by atoms with van der Waals surface area (Å²) in [6.45, 7) is 5.65. The van der Waals surface area contributed by atoms with Gasteiger partial charge in [-0.2, -0.15) is 23.3 Å². The van der Waals surface area contributed by atoms with Gasteiger partial charge in [0, 0.05) is 17.9 Å². The summed E-state index contributed by atoms with van der Waals surface area (Å²) in [5.74, 6) is -0.292. The monoisotopic (exact) mass is 502 g/mol. The van der Waals surface area contributed by atoms with E-state index < -0.39 is 17.6 Å². The lowest BCUT2D eigenvalue weighted by Crippen LogP contribution is -2.44. The number of aryl methyl sites for hydroxylation is 1. The number of azo groups is 1. The minimum atomic E-state index is -4.41. The van der Waals surface area contributed by atoms with Crippen LogP contribution >= 0.6 is 0 Å². The van der Waals surface area contributed by atoms with Gasteiger partial charge in [-0.1, -0.05) is 19.1 Å². The molecule has 36 heavy (non-hydrogen) atoms. The van der Waals surface area contributed by atoms with Crippen molar-refractivity contribution in [3.63, 3.8) is 0 Å². The fourth-order valence-corrected chi connectivity index (χ4v) is 3.94. The second kappa shape index (κ2) is 11.0. The Kier molecular flexibility index (Phi) is 7.78. The minimum absolute atomic E-state index is 0.0249. The smallest absolute Gasteiger partial charge is 0.377 e. The van der Waals surface area contributed by atoms with E-state index >= 15 is 0 Å². The highest BCUT2D eigenvalue weighted by Crippen LogP contribution is 2.32. The van der Waals surface area contributed by atoms with Gasteiger partial charge in [-0.05, 0) is 54.8 Å². The van der Waals surface area contributed by atoms with E-state index in [1.165, 1.54) is 6.07 Å². The van der Waals surface area contributed by atoms with Crippen LogP contribution in [0.25, 0.3) is 0 Å². The zero-order valence-electron chi connectivity index (χ0n) is 19.9. The van der Waals surface area contributed by atoms with E-state index in [-0.39, 0.29) is 24.4 Å². The third-order valence-electron chi connectivity index (χ3n) is 5.82. The zero-order valence-corrected chi connectivity index (χ0v) is 19.9. The molecule has 0 radical (unpaired) electrons. The average molecular weight is 503 g/mol. The van der Waals surface area contributed by atoms with E-state index in [9.17, 15) is 17.6 Å². The molecule has 7 nitrogen and oxygen atoms in total. The molecule has 0 aliphatic carbocycles. The highest BCUT2D eigenvalue weighted by molar-refractivity contribution is 5.62. The molecule has 1 fully saturated rings. The third kappa shape index (κ3) is 6.14. The Morgan fingerprint density at radius 2 is 1.94 bits per heavy atom. The lowest BCUT2D eigenvalue weighted by Gasteiger charge is -2.34. The van der Waals surface area contributed by atoms with E-state index in [0.29, 0.717) is 37.6 Å². The van der Waals surface area contributed by atoms with Crippen LogP contribution in [0.5, 0.6) is 0 Å². The Morgan fingerprint density at radius 1 is 1.14 bits per heavy atom. The van der Waals surface area contributed by atoms with Crippen LogP contribution in [0.1, 0.15) is 30.5 Å². The van der Waals surface area contributed by atoms with Gasteiger partial charge in [-0.3, -0.25) is 0 Å². The summed E-state index contributed by atoms with van der Waals surface area (Å²) in [4.78, 5) is 9.99. The van der Waals surface area contributed by atoms with E-state index in [4.69, 9.17) is 4.74 Å². The van der Waals surface area contributed by atoms with Gasteiger partial charge in [0.2, 0.25) is 0 Å². The molecular formula is C25H26F4N6O. The van der Waals surface area contributed by atoms with Crippen molar-refractivity contribution >= 4 is 23.1 Å². The summed E-state index contributed by atoms with van der Waals surface area (Å²) in [5.41, 5.74) is 2.17. The number of hydrogen-bond acceptors (Lipinski definition) is 7. The molecule has 1 aliphatic rings. The van der Waals surface area contributed by atoms with Crippen LogP contribution in [0.15, 0.2) is 58.9 Å². The molecule has 1 unspecified atom stereocenters. The maximum absolute atomic E-state index is 14.3. The largest absolute Gasteiger partial charge is 0.416 e. The quantitative estimate of drug-likeness (QED) is 0.297. The van der Waals surface area contributed by atoms with Gasteiger partial charge in [-0.15, -0.1) is 5.11 Å². The van der Waals surface area contributed by atoms with Crippen LogP contribution < -0.4 is 10.2 Å². The lowest BCUT2D eigenvalue weighted by molar-refractivity contribution is -0.137. The number of nitrogens with one attached hydrogen (secondary N) is 1. The maximum Gasteiger partial charge on any atom is 0.416 e. The summed E-state index contributed by atoms with van der Waals surface area (Å²) in [7, 11) is 0. The average Bonchev–Trinajstić information content (AvgIpc) is 2.86. The molecule has 0 spiro atoms. The molecule has 11 heteroatoms. The van der Waals surface area contributed by atoms with Gasteiger partial charge in [0.15, 0.2) is 11.6 Å². The van der Waals surface area contributed by atoms with E-state index in [1.807, 2.05) is 30.9 Å². The van der Waals surface area contributed by atoms with Gasteiger partial charge in [0.25, 0.3) is 5.95 Å². The summed E-state index contributed by atoms with van der Waals surface area (Å²) in [6, 6.07) is 10.5. The molecule has 0 bridgehead atoms. The minimum Gasteiger partial charge on any atom is -0.377 e. The van der Waals surface area contributed by atoms with Crippen molar-refractivity contribution in [2.75, 3.05) is 30.0 Å². The standard InChI is InChI=1S/C25H26F4N6O/c1-3-17-11-21(32-20-6-4-5-19(12-20)25(27,28)29)8-7-18(17)13-31-34-24-30-14-22(26)23(33-24)35-9-10-36-15-16(35)2/h4-8,11-12,14,16,32H,3,9-10,13,15H2,1-2H3. The normalized spacial score (nSPS) is 16.5. The molecule has 3 aromatic rings. The van der Waals surface area contributed by atoms with Gasteiger partial charge >= 0.3 is 6.18 Å². The molecule has 0 amide bonds. The molecule has 1 atom stereocenters. The number of alkyl halides is 3. The predicted octanol–water partition coefficient (Wildman–Crippen LogP) is 6.45. The summed E-state index contributed by atoms with van der Waals surface area (Å²) in [5, 5.41) is 11.3. The second-order valence-corrected chi connectivity index (χ2v) is 8.40. The van der Waals surface area contributed by atoms with Crippen LogP contribution in [0.3, 0.4) is 0 Å². The van der Waals surface area contributed by atoms with Crippen LogP contribution in [0.2, 0.25) is 0 Å². The first kappa shape index (κ1) is 25.5. The molecule has 0 saturated carbocycles. The van der Waals surface area contributed by atoms with Crippen molar-refractivity contribution < 1.29 is 22.3 Å². The van der Waals surface area contributed by atoms with Crippen LogP contribution in [0.4, 0.5) is 40.7 Å². The first-order chi connectivity index (χ1) is 17.2. The van der Waals surface area contributed by atoms with Crippen LogP contribution in [-0.4, -0.2) is 35.8 Å². The molecule has 1 saturated heterocycles. The van der Waals surface area contributed by atoms with E-state index in [2.05, 4.69) is 25.5 Å². The number of benzene rings is 2. The number of hydrogen-bond donors (Lipinski definition) is 1. The number of rotatable bonds is 7. The topological polar surface area (TPSA) is 75.0 Å².